The van der Waals surface area contributed by atoms with Gasteiger partial charge < -0.3 is 34.9 Å². The molecule has 2 amide bonds. The van der Waals surface area contributed by atoms with Gasteiger partial charge in [-0.3, -0.25) is 19.3 Å². The molecule has 3 N–H and O–H groups in total. The molecule has 0 spiro atoms. The molecule has 3 atom stereocenters. The molecule has 3 heterocycles. The maximum Gasteiger partial charge on any atom is 0.419 e. The molecule has 3 aliphatic rings. The summed E-state index contributed by atoms with van der Waals surface area (Å²) >= 11 is 0. The van der Waals surface area contributed by atoms with E-state index in [-0.39, 0.29) is 42.0 Å². The minimum Gasteiger partial charge on any atom is -0.460 e. The van der Waals surface area contributed by atoms with E-state index < -0.39 is 47.1 Å². The molecule has 1 aliphatic carbocycles. The number of benzene rings is 4. The minimum absolute atomic E-state index is 0.0315. The van der Waals surface area contributed by atoms with Crippen LogP contribution in [0.1, 0.15) is 86.7 Å². The number of fused-ring (bicyclic) bond motifs is 4. The maximum absolute atomic E-state index is 14.6. The third-order valence-electron chi connectivity index (χ3n) is 11.8. The van der Waals surface area contributed by atoms with Gasteiger partial charge in [0.2, 0.25) is 11.8 Å². The fourth-order valence-electron chi connectivity index (χ4n) is 8.70. The summed E-state index contributed by atoms with van der Waals surface area (Å²) in [5.74, 6) is -3.99. The molecule has 64 heavy (non-hydrogen) atoms. The molecule has 14 nitrogen and oxygen atoms in total. The van der Waals surface area contributed by atoms with Crippen molar-refractivity contribution in [2.45, 2.75) is 84.3 Å². The Morgan fingerprint density at radius 3 is 2.28 bits per heavy atom. The maximum atomic E-state index is 14.6. The van der Waals surface area contributed by atoms with E-state index in [1.165, 1.54) is 11.6 Å². The highest BCUT2D eigenvalue weighted by Crippen LogP contribution is 2.39. The second kappa shape index (κ2) is 17.7. The first-order valence-electron chi connectivity index (χ1n) is 21.7. The Morgan fingerprint density at radius 2 is 1.58 bits per heavy atom. The number of hydrogen-bond acceptors (Lipinski definition) is 11. The lowest BCUT2D eigenvalue weighted by Crippen LogP contribution is -2.54. The van der Waals surface area contributed by atoms with Gasteiger partial charge in [-0.2, -0.15) is 0 Å². The molecule has 8 rings (SSSR count). The summed E-state index contributed by atoms with van der Waals surface area (Å²) in [5, 5.41) is 3.19. The molecule has 4 aromatic carbocycles. The van der Waals surface area contributed by atoms with E-state index in [1.54, 1.807) is 88.9 Å². The lowest BCUT2D eigenvalue weighted by Gasteiger charge is -2.37. The quantitative estimate of drug-likeness (QED) is 0.0800. The highest BCUT2D eigenvalue weighted by molar-refractivity contribution is 6.12. The molecule has 2 saturated heterocycles. The molecule has 0 radical (unpaired) electrons. The second-order valence-corrected chi connectivity index (χ2v) is 18.6. The predicted molar refractivity (Wildman–Crippen MR) is 242 cm³/mol. The highest BCUT2D eigenvalue weighted by atomic mass is 16.6. The molecule has 2 aliphatic heterocycles. The normalized spacial score (nSPS) is 17.4. The minimum atomic E-state index is -1.56. The van der Waals surface area contributed by atoms with Crippen molar-refractivity contribution in [3.63, 3.8) is 0 Å². The topological polar surface area (TPSA) is 172 Å². The first-order chi connectivity index (χ1) is 30.5. The summed E-state index contributed by atoms with van der Waals surface area (Å²) in [6.45, 7) is 13.0. The monoisotopic (exact) mass is 869 g/mol. The number of nitrogens with one attached hydrogen (secondary N) is 1. The Morgan fingerprint density at radius 1 is 0.859 bits per heavy atom. The molecule has 334 valence electrons. The van der Waals surface area contributed by atoms with Crippen molar-refractivity contribution in [1.82, 2.24) is 9.47 Å². The van der Waals surface area contributed by atoms with Gasteiger partial charge >= 0.3 is 18.0 Å². The van der Waals surface area contributed by atoms with Crippen LogP contribution in [0.15, 0.2) is 91.0 Å². The number of ether oxygens (including phenoxy) is 4. The van der Waals surface area contributed by atoms with Crippen molar-refractivity contribution in [2.75, 3.05) is 43.1 Å². The highest BCUT2D eigenvalue weighted by Gasteiger charge is 2.38. The fraction of sp³-hybridized carbons (Fsp3) is 0.380. The van der Waals surface area contributed by atoms with Crippen molar-refractivity contribution < 1.29 is 42.9 Å². The van der Waals surface area contributed by atoms with Crippen LogP contribution in [0.3, 0.4) is 0 Å². The number of nitrogens with zero attached hydrogens (tertiary/aromatic N) is 3. The number of esters is 2. The van der Waals surface area contributed by atoms with Gasteiger partial charge in [0.15, 0.2) is 5.92 Å². The SMILES string of the molecule is CC(C)(C)OC(=O)c1cc2c(NC(=O)C(C(=O)OCc3cccc4c3Cc3ccccc3-4)C(N)c3ccc(N4CCN(C5CCOC5)CC4=O)cc3)cccc2n1C(=O)OC(C)(C)C. The zero-order chi connectivity index (χ0) is 45.5. The van der Waals surface area contributed by atoms with E-state index in [9.17, 15) is 24.0 Å². The molecule has 0 saturated carbocycles. The number of piperazine rings is 1. The third kappa shape index (κ3) is 9.30. The average molecular weight is 870 g/mol. The Labute approximate surface area is 372 Å². The number of anilines is 2. The van der Waals surface area contributed by atoms with Crippen LogP contribution in [0.2, 0.25) is 0 Å². The lowest BCUT2D eigenvalue weighted by molar-refractivity contribution is -0.153. The van der Waals surface area contributed by atoms with E-state index in [1.807, 2.05) is 30.3 Å². The van der Waals surface area contributed by atoms with E-state index in [0.717, 1.165) is 33.2 Å². The second-order valence-electron chi connectivity index (χ2n) is 18.6. The van der Waals surface area contributed by atoms with Gasteiger partial charge in [0.05, 0.1) is 30.4 Å². The van der Waals surface area contributed by atoms with E-state index >= 15 is 0 Å². The van der Waals surface area contributed by atoms with Gasteiger partial charge in [-0.05, 0) is 118 Å². The van der Waals surface area contributed by atoms with Gasteiger partial charge in [0.25, 0.3) is 0 Å². The molecule has 2 fully saturated rings. The Bertz CT molecular complexity index is 2620. The van der Waals surface area contributed by atoms with Gasteiger partial charge in [0.1, 0.15) is 23.5 Å². The van der Waals surface area contributed by atoms with E-state index in [4.69, 9.17) is 24.7 Å². The lowest BCUT2D eigenvalue weighted by atomic mass is 9.92. The smallest absolute Gasteiger partial charge is 0.419 e. The van der Waals surface area contributed by atoms with Crippen molar-refractivity contribution in [1.29, 1.82) is 0 Å². The number of aromatic nitrogens is 1. The molecular formula is C50H55N5O9. The summed E-state index contributed by atoms with van der Waals surface area (Å²) in [6.07, 6.45) is 0.765. The summed E-state index contributed by atoms with van der Waals surface area (Å²) in [5.41, 5.74) is 11.9. The zero-order valence-electron chi connectivity index (χ0n) is 37.1. The number of nitrogens with two attached hydrogens (primary N) is 1. The van der Waals surface area contributed by atoms with Gasteiger partial charge in [-0.1, -0.05) is 60.7 Å². The van der Waals surface area contributed by atoms with Crippen LogP contribution >= 0.6 is 0 Å². The van der Waals surface area contributed by atoms with Crippen LogP contribution in [0, 0.1) is 5.92 Å². The largest absolute Gasteiger partial charge is 0.460 e. The molecule has 14 heteroatoms. The zero-order valence-corrected chi connectivity index (χ0v) is 37.1. The van der Waals surface area contributed by atoms with Crippen molar-refractivity contribution >= 4 is 52.1 Å². The third-order valence-corrected chi connectivity index (χ3v) is 11.8. The van der Waals surface area contributed by atoms with Crippen LogP contribution in [0.4, 0.5) is 16.2 Å². The van der Waals surface area contributed by atoms with E-state index in [2.05, 4.69) is 22.3 Å². The predicted octanol–water partition coefficient (Wildman–Crippen LogP) is 7.39. The van der Waals surface area contributed by atoms with Crippen LogP contribution in [-0.2, 0) is 46.4 Å². The molecule has 3 unspecified atom stereocenters. The van der Waals surface area contributed by atoms with Gasteiger partial charge in [-0.25, -0.2) is 14.2 Å². The Hall–Kier alpha value is -6.35. The summed E-state index contributed by atoms with van der Waals surface area (Å²) < 4.78 is 24.0. The standard InChI is InChI=1S/C50H55N5O9/c1-49(2,3)63-46(58)41-26-38-39(15-10-16-40(38)55(41)48(60)64-50(4,5)6)52-45(57)43(47(59)62-28-32-12-9-14-36-35-13-8-7-11-31(35)25-37(32)36)44(51)30-17-19-33(20-18-30)54-23-22-53(27-42(54)56)34-21-24-61-29-34/h7-20,26,34,43-44H,21-25,27-29,51H2,1-6H3,(H,52,57). The summed E-state index contributed by atoms with van der Waals surface area (Å²) in [4.78, 5) is 73.5. The van der Waals surface area contributed by atoms with Gasteiger partial charge in [0, 0.05) is 36.8 Å². The molecule has 0 bridgehead atoms. The first-order valence-corrected chi connectivity index (χ1v) is 21.7. The van der Waals surface area contributed by atoms with Crippen molar-refractivity contribution in [3.05, 3.63) is 119 Å². The van der Waals surface area contributed by atoms with E-state index in [0.29, 0.717) is 49.4 Å². The number of amides is 2. The molecule has 1 aromatic heterocycles. The van der Waals surface area contributed by atoms with Crippen LogP contribution in [0.5, 0.6) is 0 Å². The summed E-state index contributed by atoms with van der Waals surface area (Å²) in [6, 6.07) is 26.3. The van der Waals surface area contributed by atoms with Gasteiger partial charge in [-0.15, -0.1) is 0 Å². The fourth-order valence-corrected chi connectivity index (χ4v) is 8.70. The molecule has 5 aromatic rings. The van der Waals surface area contributed by atoms with Crippen molar-refractivity contribution in [3.8, 4) is 11.1 Å². The number of carbonyl (C=O) groups excluding carboxylic acids is 5. The number of rotatable bonds is 10. The summed E-state index contributed by atoms with van der Waals surface area (Å²) in [7, 11) is 0. The van der Waals surface area contributed by atoms with Crippen LogP contribution in [-0.4, -0.2) is 89.4 Å². The Balaban J connectivity index is 1.09. The van der Waals surface area contributed by atoms with Crippen LogP contribution in [0.25, 0.3) is 22.0 Å². The number of carbonyl (C=O) groups is 5. The number of hydrogen-bond donors (Lipinski definition) is 2. The Kier molecular flexibility index (Phi) is 12.2. The first kappa shape index (κ1) is 44.3. The average Bonchev–Trinajstić information content (AvgIpc) is 4.01. The van der Waals surface area contributed by atoms with Crippen molar-refractivity contribution in [2.24, 2.45) is 11.7 Å². The molecular weight excluding hydrogens is 815 g/mol. The van der Waals surface area contributed by atoms with Crippen LogP contribution < -0.4 is 16.0 Å².